The van der Waals surface area contributed by atoms with E-state index in [0.717, 1.165) is 25.1 Å². The highest BCUT2D eigenvalue weighted by Crippen LogP contribution is 2.30. The molecular weight excluding hydrogens is 230 g/mol. The molecular formula is C14H29NOS. The van der Waals surface area contributed by atoms with Crippen molar-refractivity contribution in [1.82, 2.24) is 5.32 Å². The maximum Gasteiger partial charge on any atom is 0.0389 e. The lowest BCUT2D eigenvalue weighted by Crippen LogP contribution is -2.36. The van der Waals surface area contributed by atoms with Gasteiger partial charge in [0.1, 0.15) is 0 Å². The summed E-state index contributed by atoms with van der Waals surface area (Å²) in [5, 5.41) is 4.03. The van der Waals surface area contributed by atoms with Gasteiger partial charge in [0.15, 0.2) is 0 Å². The van der Waals surface area contributed by atoms with E-state index in [1.807, 2.05) is 0 Å². The molecule has 0 radical (unpaired) electrons. The second-order valence-electron chi connectivity index (χ2n) is 5.60. The molecule has 0 bridgehead atoms. The molecule has 0 aliphatic heterocycles. The van der Waals surface area contributed by atoms with Crippen LogP contribution in [0.5, 0.6) is 0 Å². The van der Waals surface area contributed by atoms with Gasteiger partial charge in [-0.1, -0.05) is 34.1 Å². The van der Waals surface area contributed by atoms with Crippen molar-refractivity contribution in [2.75, 3.05) is 12.3 Å². The summed E-state index contributed by atoms with van der Waals surface area (Å²) in [6.45, 7) is 9.97. The van der Waals surface area contributed by atoms with Crippen molar-refractivity contribution >= 4 is 10.8 Å². The first-order valence-corrected chi connectivity index (χ1v) is 8.58. The van der Waals surface area contributed by atoms with Gasteiger partial charge >= 0.3 is 0 Å². The summed E-state index contributed by atoms with van der Waals surface area (Å²) in [4.78, 5) is 0. The SMILES string of the molecule is CCCNC1CCC(S(=O)CC(C)CC)C1C. The molecule has 1 saturated carbocycles. The maximum absolute atomic E-state index is 12.3. The second kappa shape index (κ2) is 7.52. The fourth-order valence-corrected chi connectivity index (χ4v) is 4.75. The van der Waals surface area contributed by atoms with Gasteiger partial charge in [-0.3, -0.25) is 4.21 Å². The van der Waals surface area contributed by atoms with Crippen molar-refractivity contribution in [2.24, 2.45) is 11.8 Å². The molecule has 3 heteroatoms. The Morgan fingerprint density at radius 2 is 2.06 bits per heavy atom. The van der Waals surface area contributed by atoms with Crippen molar-refractivity contribution in [1.29, 1.82) is 0 Å². The van der Waals surface area contributed by atoms with Crippen LogP contribution < -0.4 is 5.32 Å². The third kappa shape index (κ3) is 4.36. The molecule has 1 aliphatic carbocycles. The van der Waals surface area contributed by atoms with Gasteiger partial charge in [0.2, 0.25) is 0 Å². The van der Waals surface area contributed by atoms with Gasteiger partial charge in [-0.15, -0.1) is 0 Å². The Kier molecular flexibility index (Phi) is 6.71. The minimum absolute atomic E-state index is 0.429. The number of hydrogen-bond acceptors (Lipinski definition) is 2. The Hall–Kier alpha value is 0.110. The summed E-state index contributed by atoms with van der Waals surface area (Å²) in [6, 6.07) is 0.598. The molecule has 0 aromatic heterocycles. The minimum Gasteiger partial charge on any atom is -0.314 e. The highest BCUT2D eigenvalue weighted by atomic mass is 32.2. The van der Waals surface area contributed by atoms with E-state index < -0.39 is 10.8 Å². The molecule has 0 aromatic rings. The Morgan fingerprint density at radius 1 is 1.35 bits per heavy atom. The first-order valence-electron chi connectivity index (χ1n) is 7.20. The fraction of sp³-hybridized carbons (Fsp3) is 1.00. The minimum atomic E-state index is -0.622. The molecule has 0 saturated heterocycles. The maximum atomic E-state index is 12.3. The van der Waals surface area contributed by atoms with Crippen LogP contribution in [-0.4, -0.2) is 27.8 Å². The molecule has 2 nitrogen and oxygen atoms in total. The zero-order chi connectivity index (χ0) is 12.8. The topological polar surface area (TPSA) is 29.1 Å². The zero-order valence-electron chi connectivity index (χ0n) is 11.9. The molecule has 102 valence electrons. The Labute approximate surface area is 109 Å². The van der Waals surface area contributed by atoms with Crippen LogP contribution in [0.2, 0.25) is 0 Å². The second-order valence-corrected chi connectivity index (χ2v) is 7.30. The smallest absolute Gasteiger partial charge is 0.0389 e. The highest BCUT2D eigenvalue weighted by molar-refractivity contribution is 7.85. The van der Waals surface area contributed by atoms with E-state index in [0.29, 0.717) is 23.1 Å². The van der Waals surface area contributed by atoms with Crippen molar-refractivity contribution < 1.29 is 4.21 Å². The van der Waals surface area contributed by atoms with E-state index >= 15 is 0 Å². The van der Waals surface area contributed by atoms with Gasteiger partial charge in [-0.2, -0.15) is 0 Å². The summed E-state index contributed by atoms with van der Waals surface area (Å²) in [5.41, 5.74) is 0. The molecule has 1 rings (SSSR count). The van der Waals surface area contributed by atoms with Crippen molar-refractivity contribution in [3.05, 3.63) is 0 Å². The van der Waals surface area contributed by atoms with Crippen LogP contribution in [0.25, 0.3) is 0 Å². The number of hydrogen-bond donors (Lipinski definition) is 1. The number of nitrogens with one attached hydrogen (secondary N) is 1. The first-order chi connectivity index (χ1) is 8.10. The molecule has 0 heterocycles. The van der Waals surface area contributed by atoms with E-state index in [4.69, 9.17) is 0 Å². The van der Waals surface area contributed by atoms with Crippen LogP contribution in [0, 0.1) is 11.8 Å². The lowest BCUT2D eigenvalue weighted by molar-refractivity contribution is 0.428. The lowest BCUT2D eigenvalue weighted by Gasteiger charge is -2.22. The Balaban J connectivity index is 2.42. The fourth-order valence-electron chi connectivity index (χ4n) is 2.64. The van der Waals surface area contributed by atoms with Crippen molar-refractivity contribution in [3.63, 3.8) is 0 Å². The zero-order valence-corrected chi connectivity index (χ0v) is 12.7. The predicted molar refractivity (Wildman–Crippen MR) is 76.7 cm³/mol. The summed E-state index contributed by atoms with van der Waals surface area (Å²) in [6.07, 6.45) is 4.68. The van der Waals surface area contributed by atoms with Gasteiger partial charge in [0, 0.05) is 27.8 Å². The molecule has 1 N–H and O–H groups in total. The average molecular weight is 259 g/mol. The van der Waals surface area contributed by atoms with Crippen LogP contribution in [0.1, 0.15) is 53.4 Å². The molecule has 17 heavy (non-hydrogen) atoms. The van der Waals surface area contributed by atoms with Crippen LogP contribution in [-0.2, 0) is 10.8 Å². The molecule has 0 aromatic carbocycles. The third-order valence-corrected chi connectivity index (χ3v) is 6.36. The van der Waals surface area contributed by atoms with Crippen LogP contribution in [0.3, 0.4) is 0 Å². The molecule has 5 unspecified atom stereocenters. The molecule has 1 aliphatic rings. The van der Waals surface area contributed by atoms with E-state index in [2.05, 4.69) is 33.0 Å². The lowest BCUT2D eigenvalue weighted by atomic mass is 10.1. The Morgan fingerprint density at radius 3 is 2.65 bits per heavy atom. The standard InChI is InChI=1S/C14H29NOS/c1-5-9-15-13-7-8-14(12(13)4)17(16)10-11(3)6-2/h11-15H,5-10H2,1-4H3. The van der Waals surface area contributed by atoms with E-state index in [1.54, 1.807) is 0 Å². The summed E-state index contributed by atoms with van der Waals surface area (Å²) >= 11 is 0. The molecule has 0 spiro atoms. The van der Waals surface area contributed by atoms with Crippen molar-refractivity contribution in [3.8, 4) is 0 Å². The summed E-state index contributed by atoms with van der Waals surface area (Å²) in [7, 11) is -0.622. The van der Waals surface area contributed by atoms with E-state index in [1.165, 1.54) is 12.8 Å². The van der Waals surface area contributed by atoms with Gasteiger partial charge < -0.3 is 5.32 Å². The average Bonchev–Trinajstić information content (AvgIpc) is 2.67. The van der Waals surface area contributed by atoms with Crippen molar-refractivity contribution in [2.45, 2.75) is 64.7 Å². The summed E-state index contributed by atoms with van der Waals surface area (Å²) < 4.78 is 12.3. The van der Waals surface area contributed by atoms with Crippen LogP contribution in [0.4, 0.5) is 0 Å². The van der Waals surface area contributed by atoms with Gasteiger partial charge in [0.05, 0.1) is 0 Å². The molecule has 1 fully saturated rings. The normalized spacial score (nSPS) is 32.6. The molecule has 5 atom stereocenters. The number of rotatable bonds is 7. The quantitative estimate of drug-likeness (QED) is 0.761. The Bertz CT molecular complexity index is 244. The highest BCUT2D eigenvalue weighted by Gasteiger charge is 2.36. The van der Waals surface area contributed by atoms with Gasteiger partial charge in [0.25, 0.3) is 0 Å². The monoisotopic (exact) mass is 259 g/mol. The first kappa shape index (κ1) is 15.2. The predicted octanol–water partition coefficient (Wildman–Crippen LogP) is 2.95. The largest absolute Gasteiger partial charge is 0.314 e. The third-order valence-electron chi connectivity index (χ3n) is 4.12. The summed E-state index contributed by atoms with van der Waals surface area (Å²) in [5.74, 6) is 2.07. The molecule has 0 amide bonds. The van der Waals surface area contributed by atoms with Gasteiger partial charge in [-0.05, 0) is 37.6 Å². The van der Waals surface area contributed by atoms with E-state index in [9.17, 15) is 4.21 Å². The van der Waals surface area contributed by atoms with Gasteiger partial charge in [-0.25, -0.2) is 0 Å². The van der Waals surface area contributed by atoms with Crippen LogP contribution in [0.15, 0.2) is 0 Å². The van der Waals surface area contributed by atoms with E-state index in [-0.39, 0.29) is 0 Å². The van der Waals surface area contributed by atoms with Crippen LogP contribution >= 0.6 is 0 Å².